The van der Waals surface area contributed by atoms with Gasteiger partial charge in [0.05, 0.1) is 19.2 Å². The third-order valence-electron chi connectivity index (χ3n) is 4.05. The Balaban J connectivity index is 1.56. The lowest BCUT2D eigenvalue weighted by atomic mass is 10.0. The minimum Gasteiger partial charge on any atom is -0.493 e. The summed E-state index contributed by atoms with van der Waals surface area (Å²) in [5, 5.41) is 3.07. The minimum absolute atomic E-state index is 0.0231. The van der Waals surface area contributed by atoms with Crippen LogP contribution >= 0.6 is 0 Å². The van der Waals surface area contributed by atoms with E-state index in [1.165, 1.54) is 12.1 Å². The standard InChI is InChI=1S/C19H21FN2O2/c1-22(12-14-5-4-6-15(20)11-14)13-19(23)21-17-9-10-24-18-8-3-2-7-16(17)18/h2-8,11,17H,9-10,12-13H2,1H3,(H,21,23). The van der Waals surface area contributed by atoms with Crippen molar-refractivity contribution < 1.29 is 13.9 Å². The second-order valence-electron chi connectivity index (χ2n) is 6.10. The summed E-state index contributed by atoms with van der Waals surface area (Å²) in [5.41, 5.74) is 1.87. The summed E-state index contributed by atoms with van der Waals surface area (Å²) in [6.07, 6.45) is 0.760. The first-order valence-corrected chi connectivity index (χ1v) is 8.06. The Morgan fingerprint density at radius 2 is 2.12 bits per heavy atom. The van der Waals surface area contributed by atoms with Crippen LogP contribution in [0, 0.1) is 5.82 Å². The maximum atomic E-state index is 13.2. The van der Waals surface area contributed by atoms with Gasteiger partial charge in [0.15, 0.2) is 0 Å². The average molecular weight is 328 g/mol. The molecule has 0 spiro atoms. The van der Waals surface area contributed by atoms with Crippen molar-refractivity contribution in [1.29, 1.82) is 0 Å². The third kappa shape index (κ3) is 4.11. The van der Waals surface area contributed by atoms with Gasteiger partial charge in [0.2, 0.25) is 5.91 Å². The smallest absolute Gasteiger partial charge is 0.234 e. The van der Waals surface area contributed by atoms with Crippen LogP contribution in [-0.2, 0) is 11.3 Å². The van der Waals surface area contributed by atoms with Crippen LogP contribution in [0.25, 0.3) is 0 Å². The molecule has 5 heteroatoms. The number of ether oxygens (including phenoxy) is 1. The lowest BCUT2D eigenvalue weighted by Crippen LogP contribution is -2.38. The molecule has 0 radical (unpaired) electrons. The molecule has 4 nitrogen and oxygen atoms in total. The first-order valence-electron chi connectivity index (χ1n) is 8.06. The van der Waals surface area contributed by atoms with Crippen molar-refractivity contribution in [3.05, 3.63) is 65.5 Å². The predicted octanol–water partition coefficient (Wildman–Crippen LogP) is 2.90. The van der Waals surface area contributed by atoms with Crippen molar-refractivity contribution in [1.82, 2.24) is 10.2 Å². The number of likely N-dealkylation sites (N-methyl/N-ethyl adjacent to an activating group) is 1. The summed E-state index contributed by atoms with van der Waals surface area (Å²) >= 11 is 0. The number of benzene rings is 2. The maximum Gasteiger partial charge on any atom is 0.234 e. The minimum atomic E-state index is -0.260. The number of halogens is 1. The van der Waals surface area contributed by atoms with E-state index in [0.29, 0.717) is 13.2 Å². The van der Waals surface area contributed by atoms with Crippen LogP contribution in [0.1, 0.15) is 23.6 Å². The molecule has 2 aromatic rings. The molecular weight excluding hydrogens is 307 g/mol. The van der Waals surface area contributed by atoms with E-state index in [1.54, 1.807) is 6.07 Å². The summed E-state index contributed by atoms with van der Waals surface area (Å²) in [6.45, 7) is 1.38. The fourth-order valence-corrected chi connectivity index (χ4v) is 2.98. The van der Waals surface area contributed by atoms with Gasteiger partial charge in [0, 0.05) is 18.5 Å². The molecule has 126 valence electrons. The molecule has 1 aliphatic heterocycles. The van der Waals surface area contributed by atoms with Gasteiger partial charge in [0.25, 0.3) is 0 Å². The second-order valence-corrected chi connectivity index (χ2v) is 6.10. The van der Waals surface area contributed by atoms with E-state index >= 15 is 0 Å². The zero-order valence-electron chi connectivity index (χ0n) is 13.7. The van der Waals surface area contributed by atoms with Crippen LogP contribution in [0.3, 0.4) is 0 Å². The molecule has 0 aliphatic carbocycles. The van der Waals surface area contributed by atoms with Crippen LogP contribution in [0.4, 0.5) is 4.39 Å². The molecule has 1 aliphatic rings. The number of nitrogens with one attached hydrogen (secondary N) is 1. The number of para-hydroxylation sites is 1. The second kappa shape index (κ2) is 7.45. The summed E-state index contributed by atoms with van der Waals surface area (Å²) < 4.78 is 18.8. The maximum absolute atomic E-state index is 13.2. The highest BCUT2D eigenvalue weighted by atomic mass is 19.1. The first kappa shape index (κ1) is 16.5. The van der Waals surface area contributed by atoms with Crippen molar-refractivity contribution in [3.8, 4) is 5.75 Å². The Bertz CT molecular complexity index is 720. The molecule has 0 fully saturated rings. The Morgan fingerprint density at radius 1 is 1.29 bits per heavy atom. The van der Waals surface area contributed by atoms with Gasteiger partial charge in [-0.2, -0.15) is 0 Å². The van der Waals surface area contributed by atoms with Gasteiger partial charge < -0.3 is 10.1 Å². The molecular formula is C19H21FN2O2. The highest BCUT2D eigenvalue weighted by Crippen LogP contribution is 2.31. The van der Waals surface area contributed by atoms with Crippen LogP contribution < -0.4 is 10.1 Å². The van der Waals surface area contributed by atoms with Gasteiger partial charge >= 0.3 is 0 Å². The lowest BCUT2D eigenvalue weighted by molar-refractivity contribution is -0.123. The number of carbonyl (C=O) groups excluding carboxylic acids is 1. The van der Waals surface area contributed by atoms with Crippen LogP contribution in [-0.4, -0.2) is 31.0 Å². The zero-order valence-corrected chi connectivity index (χ0v) is 13.7. The Morgan fingerprint density at radius 3 is 2.96 bits per heavy atom. The molecule has 1 atom stereocenters. The highest BCUT2D eigenvalue weighted by Gasteiger charge is 2.22. The number of rotatable bonds is 5. The zero-order chi connectivity index (χ0) is 16.9. The summed E-state index contributed by atoms with van der Waals surface area (Å²) in [6, 6.07) is 14.2. The van der Waals surface area contributed by atoms with Crippen molar-refractivity contribution in [2.75, 3.05) is 20.2 Å². The van der Waals surface area contributed by atoms with Gasteiger partial charge in [-0.15, -0.1) is 0 Å². The monoisotopic (exact) mass is 328 g/mol. The van der Waals surface area contributed by atoms with Crippen molar-refractivity contribution in [3.63, 3.8) is 0 Å². The van der Waals surface area contributed by atoms with Crippen LogP contribution in [0.5, 0.6) is 5.75 Å². The Hall–Kier alpha value is -2.40. The van der Waals surface area contributed by atoms with Crippen LogP contribution in [0.15, 0.2) is 48.5 Å². The third-order valence-corrected chi connectivity index (χ3v) is 4.05. The molecule has 0 saturated heterocycles. The largest absolute Gasteiger partial charge is 0.493 e. The average Bonchev–Trinajstić information content (AvgIpc) is 2.55. The number of fused-ring (bicyclic) bond motifs is 1. The summed E-state index contributed by atoms with van der Waals surface area (Å²) in [4.78, 5) is 14.2. The number of carbonyl (C=O) groups is 1. The molecule has 3 rings (SSSR count). The van der Waals surface area contributed by atoms with Gasteiger partial charge in [-0.3, -0.25) is 9.69 Å². The molecule has 24 heavy (non-hydrogen) atoms. The summed E-state index contributed by atoms with van der Waals surface area (Å²) in [7, 11) is 1.85. The van der Waals surface area contributed by atoms with E-state index in [2.05, 4.69) is 5.32 Å². The molecule has 1 N–H and O–H groups in total. The van der Waals surface area contributed by atoms with Crippen molar-refractivity contribution in [2.45, 2.75) is 19.0 Å². The molecule has 0 bridgehead atoms. The molecule has 1 unspecified atom stereocenters. The molecule has 1 heterocycles. The summed E-state index contributed by atoms with van der Waals surface area (Å²) in [5.74, 6) is 0.530. The van der Waals surface area contributed by atoms with Gasteiger partial charge in [-0.05, 0) is 30.8 Å². The number of nitrogens with zero attached hydrogens (tertiary/aromatic N) is 1. The van der Waals surface area contributed by atoms with Gasteiger partial charge in [-0.25, -0.2) is 4.39 Å². The van der Waals surface area contributed by atoms with E-state index in [9.17, 15) is 9.18 Å². The van der Waals surface area contributed by atoms with E-state index in [1.807, 2.05) is 42.3 Å². The number of hydrogen-bond acceptors (Lipinski definition) is 3. The SMILES string of the molecule is CN(CC(=O)NC1CCOc2ccccc21)Cc1cccc(F)c1. The molecule has 0 saturated carbocycles. The molecule has 2 aromatic carbocycles. The quantitative estimate of drug-likeness (QED) is 0.918. The Kier molecular flexibility index (Phi) is 5.11. The van der Waals surface area contributed by atoms with Crippen LogP contribution in [0.2, 0.25) is 0 Å². The highest BCUT2D eigenvalue weighted by molar-refractivity contribution is 5.78. The van der Waals surface area contributed by atoms with Crippen molar-refractivity contribution >= 4 is 5.91 Å². The first-order chi connectivity index (χ1) is 11.6. The van der Waals surface area contributed by atoms with Gasteiger partial charge in [0.1, 0.15) is 11.6 Å². The lowest BCUT2D eigenvalue weighted by Gasteiger charge is -2.27. The number of hydrogen-bond donors (Lipinski definition) is 1. The van der Waals surface area contributed by atoms with E-state index < -0.39 is 0 Å². The molecule has 1 amide bonds. The van der Waals surface area contributed by atoms with E-state index in [0.717, 1.165) is 23.3 Å². The fourth-order valence-electron chi connectivity index (χ4n) is 2.98. The Labute approximate surface area is 141 Å². The van der Waals surface area contributed by atoms with E-state index in [-0.39, 0.29) is 24.3 Å². The number of amides is 1. The van der Waals surface area contributed by atoms with Gasteiger partial charge in [-0.1, -0.05) is 30.3 Å². The normalized spacial score (nSPS) is 16.4. The predicted molar refractivity (Wildman–Crippen MR) is 90.2 cm³/mol. The van der Waals surface area contributed by atoms with Crippen molar-refractivity contribution in [2.24, 2.45) is 0 Å². The topological polar surface area (TPSA) is 41.6 Å². The van der Waals surface area contributed by atoms with E-state index in [4.69, 9.17) is 4.74 Å². The molecule has 0 aromatic heterocycles. The fraction of sp³-hybridized carbons (Fsp3) is 0.316.